The summed E-state index contributed by atoms with van der Waals surface area (Å²) in [7, 11) is 0. The van der Waals surface area contributed by atoms with Gasteiger partial charge in [0.25, 0.3) is 0 Å². The molecule has 0 fully saturated rings. The zero-order valence-corrected chi connectivity index (χ0v) is 10.6. The molecule has 0 aliphatic heterocycles. The molecule has 5 heavy (non-hydrogen) atoms. The zero-order chi connectivity index (χ0) is 0. The molecule has 0 heterocycles. The van der Waals surface area contributed by atoms with Crippen LogP contribution in [0, 0.1) is 0 Å². The van der Waals surface area contributed by atoms with Crippen LogP contribution in [0.1, 0.15) is 0 Å². The first-order valence-corrected chi connectivity index (χ1v) is 0. The van der Waals surface area contributed by atoms with Crippen LogP contribution in [-0.4, -0.2) is 0 Å². The Morgan fingerprint density at radius 3 is 0.400 bits per heavy atom. The van der Waals surface area contributed by atoms with Gasteiger partial charge in [0.1, 0.15) is 0 Å². The van der Waals surface area contributed by atoms with Gasteiger partial charge in [0, 0.05) is 20.1 Å². The molecule has 0 spiro atoms. The van der Waals surface area contributed by atoms with Crippen molar-refractivity contribution in [2.75, 3.05) is 0 Å². The first-order chi connectivity index (χ1) is 0. The molecule has 0 aromatic heterocycles. The summed E-state index contributed by atoms with van der Waals surface area (Å²) in [5.41, 5.74) is 0. The van der Waals surface area contributed by atoms with Crippen LogP contribution in [-0.2, 0) is 20.1 Å². The summed E-state index contributed by atoms with van der Waals surface area (Å²) in [6.45, 7) is 0. The van der Waals surface area contributed by atoms with Crippen molar-refractivity contribution in [2.45, 2.75) is 0 Å². The van der Waals surface area contributed by atoms with Crippen molar-refractivity contribution in [3.63, 3.8) is 0 Å². The SMILES string of the molecule is [Br-].[Br-].[Br-].[Br-].[Ir]. The second-order valence-corrected chi connectivity index (χ2v) is 0. The van der Waals surface area contributed by atoms with Crippen molar-refractivity contribution in [1.29, 1.82) is 0 Å². The number of hydrogen-bond donors (Lipinski definition) is 0. The maximum absolute atomic E-state index is 0. The average molecular weight is 512 g/mol. The largest absolute Gasteiger partial charge is 1.00 e. The molecule has 0 aromatic rings. The maximum atomic E-state index is 0. The molecule has 0 aromatic carbocycles. The van der Waals surface area contributed by atoms with Gasteiger partial charge < -0.3 is 67.9 Å². The maximum Gasteiger partial charge on any atom is 0 e. The molecule has 41 valence electrons. The van der Waals surface area contributed by atoms with Crippen LogP contribution in [0.2, 0.25) is 0 Å². The molecular weight excluding hydrogens is 512 g/mol. The van der Waals surface area contributed by atoms with E-state index in [4.69, 9.17) is 0 Å². The number of halogens is 4. The minimum Gasteiger partial charge on any atom is -1.00 e. The Balaban J connectivity index is 0. The fourth-order valence-electron chi connectivity index (χ4n) is 0. The molecule has 0 bridgehead atoms. The Hall–Kier alpha value is 2.57. The van der Waals surface area contributed by atoms with Crippen molar-refractivity contribution < 1.29 is 88.0 Å². The second kappa shape index (κ2) is 30.9. The number of rotatable bonds is 0. The summed E-state index contributed by atoms with van der Waals surface area (Å²) in [6, 6.07) is 0. The summed E-state index contributed by atoms with van der Waals surface area (Å²) in [4.78, 5) is 0. The predicted molar refractivity (Wildman–Crippen MR) is 0 cm³/mol. The Morgan fingerprint density at radius 2 is 0.400 bits per heavy atom. The van der Waals surface area contributed by atoms with Crippen LogP contribution in [0.5, 0.6) is 0 Å². The van der Waals surface area contributed by atoms with Gasteiger partial charge >= 0.3 is 0 Å². The van der Waals surface area contributed by atoms with Gasteiger partial charge in [-0.15, -0.1) is 0 Å². The summed E-state index contributed by atoms with van der Waals surface area (Å²) >= 11 is 0. The molecule has 0 aliphatic carbocycles. The summed E-state index contributed by atoms with van der Waals surface area (Å²) in [5, 5.41) is 0. The summed E-state index contributed by atoms with van der Waals surface area (Å²) in [5.74, 6) is 0. The molecule has 0 aliphatic rings. The van der Waals surface area contributed by atoms with Gasteiger partial charge in [0.2, 0.25) is 0 Å². The van der Waals surface area contributed by atoms with Crippen LogP contribution in [0.4, 0.5) is 0 Å². The first kappa shape index (κ1) is 49.5. The topological polar surface area (TPSA) is 0 Å². The molecule has 0 saturated carbocycles. The molecule has 0 unspecified atom stereocenters. The third-order valence-corrected chi connectivity index (χ3v) is 0. The molecule has 0 saturated heterocycles. The van der Waals surface area contributed by atoms with Crippen molar-refractivity contribution in [2.24, 2.45) is 0 Å². The van der Waals surface area contributed by atoms with Crippen molar-refractivity contribution in [3.8, 4) is 0 Å². The van der Waals surface area contributed by atoms with Gasteiger partial charge in [-0.2, -0.15) is 0 Å². The van der Waals surface area contributed by atoms with Crippen LogP contribution in [0.25, 0.3) is 0 Å². The van der Waals surface area contributed by atoms with E-state index in [1.807, 2.05) is 0 Å². The molecule has 1 radical (unpaired) electrons. The van der Waals surface area contributed by atoms with Gasteiger partial charge in [0.05, 0.1) is 0 Å². The third kappa shape index (κ3) is 20.8. The summed E-state index contributed by atoms with van der Waals surface area (Å²) in [6.07, 6.45) is 0. The van der Waals surface area contributed by atoms with Gasteiger partial charge in [-0.1, -0.05) is 0 Å². The van der Waals surface area contributed by atoms with E-state index in [1.165, 1.54) is 0 Å². The van der Waals surface area contributed by atoms with E-state index in [0.29, 0.717) is 0 Å². The van der Waals surface area contributed by atoms with E-state index in [9.17, 15) is 0 Å². The zero-order valence-electron chi connectivity index (χ0n) is 1.85. The smallest absolute Gasteiger partial charge is 0 e. The van der Waals surface area contributed by atoms with E-state index in [2.05, 4.69) is 0 Å². The average Bonchev–Trinajstić information content (AvgIpc) is 0. The fraction of sp³-hybridized carbons (Fsp3) is 0. The van der Waals surface area contributed by atoms with Gasteiger partial charge in [-0.05, 0) is 0 Å². The fourth-order valence-corrected chi connectivity index (χ4v) is 0. The molecular formula is Br4Ir-4. The Bertz CT molecular complexity index is 3.61. The molecule has 0 rings (SSSR count). The molecule has 0 N–H and O–H groups in total. The van der Waals surface area contributed by atoms with Gasteiger partial charge in [-0.25, -0.2) is 0 Å². The standard InChI is InChI=1S/4BrH.Ir/h4*1H;/p-4. The van der Waals surface area contributed by atoms with E-state index >= 15 is 0 Å². The van der Waals surface area contributed by atoms with Gasteiger partial charge in [-0.3, -0.25) is 0 Å². The normalized spacial score (nSPS) is 0. The quantitative estimate of drug-likeness (QED) is 0.303. The monoisotopic (exact) mass is 509 g/mol. The molecule has 5 heteroatoms. The van der Waals surface area contributed by atoms with Crippen LogP contribution >= 0.6 is 0 Å². The summed E-state index contributed by atoms with van der Waals surface area (Å²) < 4.78 is 0. The molecule has 0 nitrogen and oxygen atoms in total. The molecule has 0 amide bonds. The van der Waals surface area contributed by atoms with E-state index < -0.39 is 0 Å². The van der Waals surface area contributed by atoms with E-state index in [-0.39, 0.29) is 88.0 Å². The van der Waals surface area contributed by atoms with Crippen LogP contribution in [0.3, 0.4) is 0 Å². The predicted octanol–water partition coefficient (Wildman–Crippen LogP) is -12.0. The Kier molecular flexibility index (Phi) is 305. The first-order valence-electron chi connectivity index (χ1n) is 0. The third-order valence-electron chi connectivity index (χ3n) is 0. The van der Waals surface area contributed by atoms with Crippen molar-refractivity contribution in [3.05, 3.63) is 0 Å². The number of hydrogen-bond acceptors (Lipinski definition) is 0. The Labute approximate surface area is 86.9 Å². The minimum absolute atomic E-state index is 0. The van der Waals surface area contributed by atoms with Crippen molar-refractivity contribution >= 4 is 0 Å². The van der Waals surface area contributed by atoms with E-state index in [0.717, 1.165) is 0 Å². The van der Waals surface area contributed by atoms with Crippen LogP contribution < -0.4 is 67.9 Å². The second-order valence-electron chi connectivity index (χ2n) is 0. The Morgan fingerprint density at radius 1 is 0.400 bits per heavy atom. The van der Waals surface area contributed by atoms with Gasteiger partial charge in [0.15, 0.2) is 0 Å². The van der Waals surface area contributed by atoms with E-state index in [1.54, 1.807) is 0 Å². The minimum atomic E-state index is 0. The van der Waals surface area contributed by atoms with Crippen LogP contribution in [0.15, 0.2) is 0 Å². The van der Waals surface area contributed by atoms with Crippen molar-refractivity contribution in [1.82, 2.24) is 0 Å². The molecule has 0 atom stereocenters.